The molecular formula is C25H32N4O3. The van der Waals surface area contributed by atoms with Gasteiger partial charge in [0.25, 0.3) is 0 Å². The summed E-state index contributed by atoms with van der Waals surface area (Å²) in [6, 6.07) is 11.7. The Morgan fingerprint density at radius 2 is 1.94 bits per heavy atom. The van der Waals surface area contributed by atoms with E-state index in [1.807, 2.05) is 24.3 Å². The minimum absolute atomic E-state index is 0.403. The van der Waals surface area contributed by atoms with Crippen LogP contribution in [0.25, 0.3) is 10.9 Å². The molecule has 2 aromatic carbocycles. The van der Waals surface area contributed by atoms with Gasteiger partial charge in [-0.2, -0.15) is 0 Å². The number of H-pyrrole nitrogens is 1. The van der Waals surface area contributed by atoms with Gasteiger partial charge in [-0.3, -0.25) is 0 Å². The number of hydrogen-bond acceptors (Lipinski definition) is 6. The van der Waals surface area contributed by atoms with Crippen molar-refractivity contribution in [1.29, 1.82) is 0 Å². The lowest BCUT2D eigenvalue weighted by Crippen LogP contribution is -2.43. The smallest absolute Gasteiger partial charge is 0.341 e. The zero-order valence-corrected chi connectivity index (χ0v) is 19.1. The summed E-state index contributed by atoms with van der Waals surface area (Å²) >= 11 is 0. The number of methoxy groups -OCH3 is 1. The second kappa shape index (κ2) is 10.1. The molecule has 0 atom stereocenters. The van der Waals surface area contributed by atoms with E-state index in [2.05, 4.69) is 46.5 Å². The third kappa shape index (κ3) is 4.89. The summed E-state index contributed by atoms with van der Waals surface area (Å²) in [5, 5.41) is 4.44. The number of fused-ring (bicyclic) bond motifs is 1. The van der Waals surface area contributed by atoms with Crippen LogP contribution >= 0.6 is 0 Å². The molecule has 1 aliphatic rings. The van der Waals surface area contributed by atoms with Crippen molar-refractivity contribution in [1.82, 2.24) is 15.2 Å². The maximum Gasteiger partial charge on any atom is 0.341 e. The molecule has 0 radical (unpaired) electrons. The normalized spacial score (nSPS) is 14.2. The molecule has 0 aliphatic carbocycles. The Morgan fingerprint density at radius 1 is 1.12 bits per heavy atom. The monoisotopic (exact) mass is 436 g/mol. The van der Waals surface area contributed by atoms with Gasteiger partial charge >= 0.3 is 5.97 Å². The SMILES string of the molecule is COC(=O)c1ccc(N2CCNCC2)cc1Oc1cccc2[nH]cc(CCCN(C)C)c12. The highest BCUT2D eigenvalue weighted by Crippen LogP contribution is 2.36. The number of anilines is 1. The van der Waals surface area contributed by atoms with Crippen LogP contribution in [-0.2, 0) is 11.2 Å². The lowest BCUT2D eigenvalue weighted by molar-refractivity contribution is 0.0598. The van der Waals surface area contributed by atoms with E-state index in [9.17, 15) is 4.79 Å². The molecular weight excluding hydrogens is 404 g/mol. The zero-order chi connectivity index (χ0) is 22.5. The summed E-state index contributed by atoms with van der Waals surface area (Å²) in [5.74, 6) is 0.853. The number of aromatic nitrogens is 1. The number of hydrogen-bond donors (Lipinski definition) is 2. The van der Waals surface area contributed by atoms with Crippen LogP contribution < -0.4 is 15.0 Å². The Morgan fingerprint density at radius 3 is 2.69 bits per heavy atom. The van der Waals surface area contributed by atoms with Gasteiger partial charge in [0.2, 0.25) is 0 Å². The number of piperazine rings is 1. The van der Waals surface area contributed by atoms with Crippen molar-refractivity contribution in [3.05, 3.63) is 53.7 Å². The minimum atomic E-state index is -0.403. The third-order valence-corrected chi connectivity index (χ3v) is 5.87. The van der Waals surface area contributed by atoms with Crippen molar-refractivity contribution in [3.8, 4) is 11.5 Å². The summed E-state index contributed by atoms with van der Waals surface area (Å²) in [5.41, 5.74) is 3.71. The highest BCUT2D eigenvalue weighted by Gasteiger charge is 2.19. The van der Waals surface area contributed by atoms with Crippen molar-refractivity contribution in [3.63, 3.8) is 0 Å². The number of nitrogens with one attached hydrogen (secondary N) is 2. The fraction of sp³-hybridized carbons (Fsp3) is 0.400. The first kappa shape index (κ1) is 22.2. The van der Waals surface area contributed by atoms with Gasteiger partial charge in [-0.15, -0.1) is 0 Å². The molecule has 2 heterocycles. The molecule has 170 valence electrons. The van der Waals surface area contributed by atoms with Crippen molar-refractivity contribution in [2.75, 3.05) is 58.8 Å². The number of benzene rings is 2. The molecule has 1 aromatic heterocycles. The van der Waals surface area contributed by atoms with Gasteiger partial charge in [-0.1, -0.05) is 6.07 Å². The van der Waals surface area contributed by atoms with Gasteiger partial charge in [-0.25, -0.2) is 4.79 Å². The van der Waals surface area contributed by atoms with Crippen molar-refractivity contribution < 1.29 is 14.3 Å². The van der Waals surface area contributed by atoms with E-state index in [1.165, 1.54) is 12.7 Å². The Labute approximate surface area is 189 Å². The zero-order valence-electron chi connectivity index (χ0n) is 19.1. The maximum absolute atomic E-state index is 12.5. The molecule has 4 rings (SSSR count). The van der Waals surface area contributed by atoms with Gasteiger partial charge in [-0.05, 0) is 63.3 Å². The molecule has 0 unspecified atom stereocenters. The first-order chi connectivity index (χ1) is 15.6. The molecule has 1 aliphatic heterocycles. The second-order valence-corrected chi connectivity index (χ2v) is 8.41. The Bertz CT molecular complexity index is 1070. The predicted octanol–water partition coefficient (Wildman–Crippen LogP) is 3.65. The van der Waals surface area contributed by atoms with Crippen LogP contribution in [0.1, 0.15) is 22.3 Å². The number of aromatic amines is 1. The van der Waals surface area contributed by atoms with Crippen molar-refractivity contribution >= 4 is 22.6 Å². The lowest BCUT2D eigenvalue weighted by atomic mass is 10.1. The van der Waals surface area contributed by atoms with E-state index in [4.69, 9.17) is 9.47 Å². The Hall–Kier alpha value is -3.03. The molecule has 32 heavy (non-hydrogen) atoms. The predicted molar refractivity (Wildman–Crippen MR) is 128 cm³/mol. The van der Waals surface area contributed by atoms with Crippen LogP contribution in [-0.4, -0.2) is 69.8 Å². The van der Waals surface area contributed by atoms with E-state index in [0.29, 0.717) is 11.3 Å². The average molecular weight is 437 g/mol. The van der Waals surface area contributed by atoms with Gasteiger partial charge in [0.1, 0.15) is 17.1 Å². The molecule has 1 saturated heterocycles. The van der Waals surface area contributed by atoms with Gasteiger partial charge in [0.05, 0.1) is 7.11 Å². The summed E-state index contributed by atoms with van der Waals surface area (Å²) in [6.07, 6.45) is 4.06. The molecule has 0 amide bonds. The molecule has 0 spiro atoms. The topological polar surface area (TPSA) is 69.8 Å². The van der Waals surface area contributed by atoms with Crippen LogP contribution in [0.4, 0.5) is 5.69 Å². The third-order valence-electron chi connectivity index (χ3n) is 5.87. The average Bonchev–Trinajstić information content (AvgIpc) is 3.23. The fourth-order valence-electron chi connectivity index (χ4n) is 4.20. The maximum atomic E-state index is 12.5. The first-order valence-corrected chi connectivity index (χ1v) is 11.2. The molecule has 7 heteroatoms. The lowest BCUT2D eigenvalue weighted by Gasteiger charge is -2.30. The van der Waals surface area contributed by atoms with Crippen LogP contribution in [0.15, 0.2) is 42.6 Å². The summed E-state index contributed by atoms with van der Waals surface area (Å²) < 4.78 is 11.4. The molecule has 2 N–H and O–H groups in total. The van der Waals surface area contributed by atoms with E-state index in [-0.39, 0.29) is 0 Å². The van der Waals surface area contributed by atoms with Crippen molar-refractivity contribution in [2.24, 2.45) is 0 Å². The summed E-state index contributed by atoms with van der Waals surface area (Å²) in [6.45, 7) is 4.73. The minimum Gasteiger partial charge on any atom is -0.465 e. The number of carbonyl (C=O) groups is 1. The van der Waals surface area contributed by atoms with Crippen LogP contribution in [0.3, 0.4) is 0 Å². The van der Waals surface area contributed by atoms with E-state index in [1.54, 1.807) is 6.07 Å². The first-order valence-electron chi connectivity index (χ1n) is 11.2. The van der Waals surface area contributed by atoms with E-state index in [0.717, 1.165) is 67.9 Å². The molecule has 7 nitrogen and oxygen atoms in total. The van der Waals surface area contributed by atoms with Crippen LogP contribution in [0.5, 0.6) is 11.5 Å². The molecule has 0 bridgehead atoms. The van der Waals surface area contributed by atoms with Crippen LogP contribution in [0, 0.1) is 0 Å². The Kier molecular flexibility index (Phi) is 6.97. The standard InChI is InChI=1S/C25H32N4O3/c1-28(2)13-5-6-18-17-27-21-7-4-8-22(24(18)21)32-23-16-19(29-14-11-26-12-15-29)9-10-20(23)25(30)31-3/h4,7-10,16-17,26-27H,5-6,11-15H2,1-3H3. The molecule has 1 fully saturated rings. The highest BCUT2D eigenvalue weighted by atomic mass is 16.5. The highest BCUT2D eigenvalue weighted by molar-refractivity contribution is 5.94. The number of carbonyl (C=O) groups excluding carboxylic acids is 1. The summed E-state index contributed by atoms with van der Waals surface area (Å²) in [7, 11) is 5.57. The number of rotatable bonds is 8. The molecule has 0 saturated carbocycles. The summed E-state index contributed by atoms with van der Waals surface area (Å²) in [4.78, 5) is 20.3. The van der Waals surface area contributed by atoms with Crippen molar-refractivity contribution in [2.45, 2.75) is 12.8 Å². The largest absolute Gasteiger partial charge is 0.465 e. The number of ether oxygens (including phenoxy) is 2. The van der Waals surface area contributed by atoms with Gasteiger partial charge in [0.15, 0.2) is 0 Å². The van der Waals surface area contributed by atoms with Gasteiger partial charge in [0, 0.05) is 55.0 Å². The van der Waals surface area contributed by atoms with E-state index >= 15 is 0 Å². The van der Waals surface area contributed by atoms with Gasteiger partial charge < -0.3 is 29.6 Å². The Balaban J connectivity index is 1.69. The second-order valence-electron chi connectivity index (χ2n) is 8.41. The number of aryl methyl sites for hydroxylation is 1. The van der Waals surface area contributed by atoms with Crippen LogP contribution in [0.2, 0.25) is 0 Å². The number of nitrogens with zero attached hydrogens (tertiary/aromatic N) is 2. The number of esters is 1. The quantitative estimate of drug-likeness (QED) is 0.526. The van der Waals surface area contributed by atoms with E-state index < -0.39 is 5.97 Å². The molecule has 3 aromatic rings. The fourth-order valence-corrected chi connectivity index (χ4v) is 4.20.